The molecule has 1 aromatic carbocycles. The van der Waals surface area contributed by atoms with E-state index in [0.29, 0.717) is 6.42 Å². The average Bonchev–Trinajstić information content (AvgIpc) is 3.37. The van der Waals surface area contributed by atoms with Crippen LogP contribution in [0.3, 0.4) is 0 Å². The zero-order chi connectivity index (χ0) is 18.8. The molecular formula is C21H20N4O3. The van der Waals surface area contributed by atoms with Crippen LogP contribution >= 0.6 is 0 Å². The van der Waals surface area contributed by atoms with Crippen molar-refractivity contribution in [3.63, 3.8) is 0 Å². The van der Waals surface area contributed by atoms with Gasteiger partial charge in [-0.2, -0.15) is 5.10 Å². The summed E-state index contributed by atoms with van der Waals surface area (Å²) in [5, 5.41) is 4.62. The maximum Gasteiger partial charge on any atom is 0.231 e. The molecular weight excluding hydrogens is 356 g/mol. The lowest BCUT2D eigenvalue weighted by Gasteiger charge is -2.36. The van der Waals surface area contributed by atoms with Gasteiger partial charge < -0.3 is 14.4 Å². The Morgan fingerprint density at radius 3 is 3.04 bits per heavy atom. The Kier molecular flexibility index (Phi) is 3.24. The Morgan fingerprint density at radius 2 is 2.11 bits per heavy atom. The third-order valence-electron chi connectivity index (χ3n) is 6.11. The molecule has 7 heteroatoms. The van der Waals surface area contributed by atoms with Crippen LogP contribution in [0.15, 0.2) is 30.5 Å². The van der Waals surface area contributed by atoms with Crippen molar-refractivity contribution < 1.29 is 14.3 Å². The van der Waals surface area contributed by atoms with E-state index in [1.165, 1.54) is 5.69 Å². The van der Waals surface area contributed by atoms with Gasteiger partial charge in [-0.3, -0.25) is 4.79 Å². The highest BCUT2D eigenvalue weighted by Crippen LogP contribution is 2.44. The maximum absolute atomic E-state index is 13.2. The summed E-state index contributed by atoms with van der Waals surface area (Å²) >= 11 is 0. The Labute approximate surface area is 161 Å². The minimum absolute atomic E-state index is 0.0941. The molecule has 0 radical (unpaired) electrons. The number of nitrogens with zero attached hydrogens (tertiary/aromatic N) is 4. The fourth-order valence-corrected chi connectivity index (χ4v) is 4.90. The van der Waals surface area contributed by atoms with Gasteiger partial charge in [-0.25, -0.2) is 9.50 Å². The number of fused-ring (bicyclic) bond motifs is 7. The van der Waals surface area contributed by atoms with Gasteiger partial charge >= 0.3 is 0 Å². The topological polar surface area (TPSA) is 69.0 Å². The first-order valence-corrected chi connectivity index (χ1v) is 9.71. The Hall–Kier alpha value is -3.09. The molecule has 28 heavy (non-hydrogen) atoms. The van der Waals surface area contributed by atoms with E-state index < -0.39 is 0 Å². The SMILES string of the molecule is Cc1cc2ncc3c(n2n1)C[C@@H]1CC[C@@H]3N1C(=O)Cc1ccc2c(c1)OCO2. The van der Waals surface area contributed by atoms with Crippen LogP contribution in [0, 0.1) is 6.92 Å². The van der Waals surface area contributed by atoms with Crippen LogP contribution in [-0.4, -0.2) is 38.2 Å². The molecule has 0 N–H and O–H groups in total. The van der Waals surface area contributed by atoms with Crippen molar-refractivity contribution in [3.05, 3.63) is 53.0 Å². The van der Waals surface area contributed by atoms with E-state index in [1.807, 2.05) is 41.9 Å². The summed E-state index contributed by atoms with van der Waals surface area (Å²) in [6.07, 6.45) is 5.15. The number of rotatable bonds is 2. The average molecular weight is 376 g/mol. The largest absolute Gasteiger partial charge is 0.454 e. The van der Waals surface area contributed by atoms with Crippen molar-refractivity contribution in [2.45, 2.75) is 44.7 Å². The van der Waals surface area contributed by atoms with E-state index in [4.69, 9.17) is 9.47 Å². The van der Waals surface area contributed by atoms with E-state index in [0.717, 1.165) is 53.2 Å². The first kappa shape index (κ1) is 15.9. The molecule has 1 fully saturated rings. The summed E-state index contributed by atoms with van der Waals surface area (Å²) in [6.45, 7) is 2.23. The van der Waals surface area contributed by atoms with Crippen LogP contribution in [0.4, 0.5) is 0 Å². The molecule has 0 unspecified atom stereocenters. The van der Waals surface area contributed by atoms with Crippen molar-refractivity contribution in [2.75, 3.05) is 6.79 Å². The highest BCUT2D eigenvalue weighted by molar-refractivity contribution is 5.80. The summed E-state index contributed by atoms with van der Waals surface area (Å²) < 4.78 is 12.8. The van der Waals surface area contributed by atoms with Crippen LogP contribution in [-0.2, 0) is 17.6 Å². The van der Waals surface area contributed by atoms with Crippen LogP contribution in [0.25, 0.3) is 5.65 Å². The van der Waals surface area contributed by atoms with Gasteiger partial charge in [-0.1, -0.05) is 6.07 Å². The van der Waals surface area contributed by atoms with Crippen molar-refractivity contribution in [1.29, 1.82) is 0 Å². The predicted molar refractivity (Wildman–Crippen MR) is 100 cm³/mol. The number of hydrogen-bond donors (Lipinski definition) is 0. The van der Waals surface area contributed by atoms with Gasteiger partial charge in [0.1, 0.15) is 0 Å². The number of carbonyl (C=O) groups excluding carboxylic acids is 1. The standard InChI is InChI=1S/C21H20N4O3/c1-12-6-20-22-10-15-16-4-3-14(9-17(15)25(20)23-12)24(16)21(26)8-13-2-5-18-19(7-13)28-11-27-18/h2,5-7,10,14,16H,3-4,8-9,11H2,1H3/t14-,16-/m0/s1. The molecule has 7 nitrogen and oxygen atoms in total. The molecule has 2 aromatic heterocycles. The van der Waals surface area contributed by atoms with Crippen molar-refractivity contribution >= 4 is 11.6 Å². The van der Waals surface area contributed by atoms with E-state index >= 15 is 0 Å². The van der Waals surface area contributed by atoms with E-state index in [2.05, 4.69) is 15.0 Å². The molecule has 0 aliphatic carbocycles. The molecule has 2 bridgehead atoms. The molecule has 0 spiro atoms. The van der Waals surface area contributed by atoms with Gasteiger partial charge in [0.15, 0.2) is 17.1 Å². The molecule has 1 amide bonds. The van der Waals surface area contributed by atoms with E-state index in [9.17, 15) is 4.79 Å². The number of aryl methyl sites for hydroxylation is 1. The first-order valence-electron chi connectivity index (χ1n) is 9.71. The molecule has 5 heterocycles. The van der Waals surface area contributed by atoms with Crippen LogP contribution in [0.2, 0.25) is 0 Å². The summed E-state index contributed by atoms with van der Waals surface area (Å²) in [7, 11) is 0. The minimum Gasteiger partial charge on any atom is -0.454 e. The van der Waals surface area contributed by atoms with Gasteiger partial charge in [0.25, 0.3) is 0 Å². The van der Waals surface area contributed by atoms with E-state index in [-0.39, 0.29) is 24.8 Å². The molecule has 142 valence electrons. The molecule has 0 saturated carbocycles. The van der Waals surface area contributed by atoms with Crippen molar-refractivity contribution in [2.24, 2.45) is 0 Å². The van der Waals surface area contributed by atoms with Gasteiger partial charge in [0, 0.05) is 30.3 Å². The Balaban J connectivity index is 1.32. The highest BCUT2D eigenvalue weighted by atomic mass is 16.7. The lowest BCUT2D eigenvalue weighted by atomic mass is 9.98. The fourth-order valence-electron chi connectivity index (χ4n) is 4.90. The lowest BCUT2D eigenvalue weighted by Crippen LogP contribution is -2.43. The Morgan fingerprint density at radius 1 is 1.21 bits per heavy atom. The maximum atomic E-state index is 13.2. The number of amides is 1. The van der Waals surface area contributed by atoms with Gasteiger partial charge in [-0.15, -0.1) is 0 Å². The van der Waals surface area contributed by atoms with Crippen LogP contribution < -0.4 is 9.47 Å². The lowest BCUT2D eigenvalue weighted by molar-refractivity contribution is -0.134. The number of carbonyl (C=O) groups is 1. The fraction of sp³-hybridized carbons (Fsp3) is 0.381. The van der Waals surface area contributed by atoms with Crippen molar-refractivity contribution in [3.8, 4) is 11.5 Å². The molecule has 6 rings (SSSR count). The predicted octanol–water partition coefficient (Wildman–Crippen LogP) is 2.60. The van der Waals surface area contributed by atoms with Gasteiger partial charge in [0.05, 0.1) is 23.9 Å². The third-order valence-corrected chi connectivity index (χ3v) is 6.11. The van der Waals surface area contributed by atoms with Crippen molar-refractivity contribution in [1.82, 2.24) is 19.5 Å². The highest BCUT2D eigenvalue weighted by Gasteiger charge is 2.43. The molecule has 1 saturated heterocycles. The first-order chi connectivity index (χ1) is 13.7. The second-order valence-corrected chi connectivity index (χ2v) is 7.83. The summed E-state index contributed by atoms with van der Waals surface area (Å²) in [5.74, 6) is 1.62. The van der Waals surface area contributed by atoms with Gasteiger partial charge in [0.2, 0.25) is 12.7 Å². The molecule has 3 aliphatic rings. The zero-order valence-electron chi connectivity index (χ0n) is 15.6. The number of aromatic nitrogens is 3. The zero-order valence-corrected chi connectivity index (χ0v) is 15.6. The summed E-state index contributed by atoms with van der Waals surface area (Å²) in [6, 6.07) is 8.07. The number of benzene rings is 1. The van der Waals surface area contributed by atoms with Gasteiger partial charge in [-0.05, 0) is 37.5 Å². The second-order valence-electron chi connectivity index (χ2n) is 7.83. The second kappa shape index (κ2) is 5.70. The normalized spacial score (nSPS) is 22.0. The summed E-state index contributed by atoms with van der Waals surface area (Å²) in [4.78, 5) is 19.9. The molecule has 3 aromatic rings. The smallest absolute Gasteiger partial charge is 0.231 e. The number of ether oxygens (including phenoxy) is 2. The Bertz CT molecular complexity index is 1120. The van der Waals surface area contributed by atoms with Crippen LogP contribution in [0.5, 0.6) is 11.5 Å². The van der Waals surface area contributed by atoms with Crippen LogP contribution in [0.1, 0.15) is 41.4 Å². The monoisotopic (exact) mass is 376 g/mol. The van der Waals surface area contributed by atoms with E-state index in [1.54, 1.807) is 0 Å². The quantitative estimate of drug-likeness (QED) is 0.688. The third kappa shape index (κ3) is 2.25. The summed E-state index contributed by atoms with van der Waals surface area (Å²) in [5.41, 5.74) is 5.15. The number of hydrogen-bond acceptors (Lipinski definition) is 5. The minimum atomic E-state index is 0.0941. The molecule has 2 atom stereocenters. The molecule has 3 aliphatic heterocycles.